The van der Waals surface area contributed by atoms with Crippen LogP contribution < -0.4 is 21.0 Å². The van der Waals surface area contributed by atoms with Crippen molar-refractivity contribution in [1.82, 2.24) is 25.3 Å². The Morgan fingerprint density at radius 3 is 2.55 bits per heavy atom. The van der Waals surface area contributed by atoms with Crippen LogP contribution in [-0.4, -0.2) is 70.5 Å². The van der Waals surface area contributed by atoms with Gasteiger partial charge in [-0.2, -0.15) is 0 Å². The number of para-hydroxylation sites is 1. The van der Waals surface area contributed by atoms with Gasteiger partial charge in [0.25, 0.3) is 5.91 Å². The van der Waals surface area contributed by atoms with Crippen molar-refractivity contribution in [1.29, 1.82) is 0 Å². The number of hydrogen-bond acceptors (Lipinski definition) is 10. The van der Waals surface area contributed by atoms with Crippen LogP contribution in [0.25, 0.3) is 0 Å². The van der Waals surface area contributed by atoms with E-state index in [0.29, 0.717) is 18.8 Å². The van der Waals surface area contributed by atoms with Gasteiger partial charge in [0, 0.05) is 26.2 Å². The summed E-state index contributed by atoms with van der Waals surface area (Å²) in [5.41, 5.74) is 7.42. The first-order chi connectivity index (χ1) is 14.0. The second-order valence-corrected chi connectivity index (χ2v) is 6.35. The van der Waals surface area contributed by atoms with Gasteiger partial charge < -0.3 is 9.64 Å². The van der Waals surface area contributed by atoms with E-state index in [0.717, 1.165) is 13.1 Å². The normalized spacial score (nSPS) is 14.8. The third-order valence-corrected chi connectivity index (χ3v) is 4.21. The lowest BCUT2D eigenvalue weighted by Gasteiger charge is -2.32. The van der Waals surface area contributed by atoms with Crippen LogP contribution in [0.4, 0.5) is 17.3 Å². The Hall–Kier alpha value is -3.51. The fraction of sp³-hybridized carbons (Fsp3) is 0.353. The number of piperazine rings is 1. The second kappa shape index (κ2) is 9.61. The van der Waals surface area contributed by atoms with E-state index >= 15 is 0 Å². The minimum Gasteiger partial charge on any atom is -0.484 e. The van der Waals surface area contributed by atoms with E-state index < -0.39 is 10.8 Å². The smallest absolute Gasteiger partial charge is 0.356 e. The lowest BCUT2D eigenvalue weighted by atomic mass is 10.3. The highest BCUT2D eigenvalue weighted by molar-refractivity contribution is 5.80. The second-order valence-electron chi connectivity index (χ2n) is 6.35. The van der Waals surface area contributed by atoms with Crippen LogP contribution >= 0.6 is 0 Å². The molecule has 0 saturated carbocycles. The third kappa shape index (κ3) is 5.73. The van der Waals surface area contributed by atoms with E-state index in [4.69, 9.17) is 4.74 Å². The molecule has 1 aliphatic heterocycles. The highest BCUT2D eigenvalue weighted by Gasteiger charge is 2.25. The van der Waals surface area contributed by atoms with Gasteiger partial charge in [-0.25, -0.2) is 15.0 Å². The molecule has 12 nitrogen and oxygen atoms in total. The molecule has 0 unspecified atom stereocenters. The molecule has 154 valence electrons. The minimum absolute atomic E-state index is 0.0480. The van der Waals surface area contributed by atoms with Gasteiger partial charge in [-0.3, -0.25) is 31.2 Å². The molecule has 12 heteroatoms. The summed E-state index contributed by atoms with van der Waals surface area (Å²) < 4.78 is 5.33. The molecule has 3 rings (SSSR count). The number of nitro groups is 1. The number of carbonyl (C=O) groups excluding carboxylic acids is 1. The molecule has 0 spiro atoms. The predicted octanol–water partition coefficient (Wildman–Crippen LogP) is 0.481. The number of ether oxygens (including phenoxy) is 1. The molecule has 0 aliphatic carbocycles. The maximum Gasteiger partial charge on any atom is 0.356 e. The van der Waals surface area contributed by atoms with Gasteiger partial charge in [-0.15, -0.1) is 0 Å². The lowest BCUT2D eigenvalue weighted by Crippen LogP contribution is -2.47. The number of hydrogen-bond donors (Lipinski definition) is 3. The molecule has 29 heavy (non-hydrogen) atoms. The SMILES string of the molecule is CN1CCN(Nc2ncnc(NNC(=O)COc3ccccc3)c2[N+](=O)[O-])CC1. The number of anilines is 2. The highest BCUT2D eigenvalue weighted by Crippen LogP contribution is 2.28. The summed E-state index contributed by atoms with van der Waals surface area (Å²) in [6, 6.07) is 8.82. The van der Waals surface area contributed by atoms with Crippen molar-refractivity contribution in [3.63, 3.8) is 0 Å². The molecule has 2 heterocycles. The molecule has 1 saturated heterocycles. The zero-order valence-electron chi connectivity index (χ0n) is 15.9. The van der Waals surface area contributed by atoms with E-state index in [1.165, 1.54) is 6.33 Å². The molecule has 0 bridgehead atoms. The van der Waals surface area contributed by atoms with Crippen molar-refractivity contribution >= 4 is 23.2 Å². The van der Waals surface area contributed by atoms with Gasteiger partial charge >= 0.3 is 5.69 Å². The number of amides is 1. The average molecular weight is 402 g/mol. The van der Waals surface area contributed by atoms with Crippen LogP contribution in [-0.2, 0) is 4.79 Å². The summed E-state index contributed by atoms with van der Waals surface area (Å²) >= 11 is 0. The van der Waals surface area contributed by atoms with Crippen molar-refractivity contribution in [3.05, 3.63) is 46.8 Å². The van der Waals surface area contributed by atoms with Crippen LogP contribution in [0.15, 0.2) is 36.7 Å². The standard InChI is InChI=1S/C17H22N8O4/c1-23-7-9-24(10-8-23)22-17-15(25(27)28)16(18-12-19-17)21-20-14(26)11-29-13-5-3-2-4-6-13/h2-6,12H,7-11H2,1H3,(H,20,26)(H2,18,19,21,22). The number of aromatic nitrogens is 2. The Bertz CT molecular complexity index is 843. The number of benzene rings is 1. The first-order valence-corrected chi connectivity index (χ1v) is 8.95. The Morgan fingerprint density at radius 2 is 1.86 bits per heavy atom. The van der Waals surface area contributed by atoms with Gasteiger partial charge in [0.05, 0.1) is 4.92 Å². The highest BCUT2D eigenvalue weighted by atomic mass is 16.6. The van der Waals surface area contributed by atoms with E-state index in [1.54, 1.807) is 24.3 Å². The molecule has 3 N–H and O–H groups in total. The summed E-state index contributed by atoms with van der Waals surface area (Å²) in [5, 5.41) is 13.4. The maximum atomic E-state index is 12.0. The Balaban J connectivity index is 1.61. The summed E-state index contributed by atoms with van der Waals surface area (Å²) in [7, 11) is 2.01. The van der Waals surface area contributed by atoms with Crippen molar-refractivity contribution in [2.45, 2.75) is 0 Å². The quantitative estimate of drug-likeness (QED) is 0.422. The zero-order valence-corrected chi connectivity index (χ0v) is 15.9. The monoisotopic (exact) mass is 402 g/mol. The van der Waals surface area contributed by atoms with E-state index in [-0.39, 0.29) is 23.9 Å². The Morgan fingerprint density at radius 1 is 1.17 bits per heavy atom. The summed E-state index contributed by atoms with van der Waals surface area (Å²) in [6.45, 7) is 2.77. The number of nitrogens with one attached hydrogen (secondary N) is 3. The number of rotatable bonds is 8. The molecule has 1 aromatic carbocycles. The first kappa shape index (κ1) is 20.2. The lowest BCUT2D eigenvalue weighted by molar-refractivity contribution is -0.383. The average Bonchev–Trinajstić information content (AvgIpc) is 2.73. The molecule has 0 radical (unpaired) electrons. The maximum absolute atomic E-state index is 12.0. The van der Waals surface area contributed by atoms with Crippen molar-refractivity contribution in [2.24, 2.45) is 0 Å². The molecular weight excluding hydrogens is 380 g/mol. The predicted molar refractivity (Wildman–Crippen MR) is 105 cm³/mol. The van der Waals surface area contributed by atoms with Crippen LogP contribution in [0.2, 0.25) is 0 Å². The van der Waals surface area contributed by atoms with Gasteiger partial charge in [-0.05, 0) is 19.2 Å². The Labute approximate surface area is 167 Å². The fourth-order valence-corrected chi connectivity index (χ4v) is 2.62. The molecular formula is C17H22N8O4. The van der Waals surface area contributed by atoms with Gasteiger partial charge in [0.1, 0.15) is 12.1 Å². The van der Waals surface area contributed by atoms with Gasteiger partial charge in [0.15, 0.2) is 6.61 Å². The van der Waals surface area contributed by atoms with E-state index in [9.17, 15) is 14.9 Å². The summed E-state index contributed by atoms with van der Waals surface area (Å²) in [5.74, 6) is -0.0637. The van der Waals surface area contributed by atoms with Gasteiger partial charge in [0.2, 0.25) is 11.6 Å². The fourth-order valence-electron chi connectivity index (χ4n) is 2.62. The van der Waals surface area contributed by atoms with Crippen LogP contribution in [0.1, 0.15) is 0 Å². The number of nitrogens with zero attached hydrogens (tertiary/aromatic N) is 5. The van der Waals surface area contributed by atoms with E-state index in [1.807, 2.05) is 18.1 Å². The molecule has 1 aliphatic rings. The number of hydrazine groups is 2. The third-order valence-electron chi connectivity index (χ3n) is 4.21. The summed E-state index contributed by atoms with van der Waals surface area (Å²) in [6.07, 6.45) is 1.18. The zero-order chi connectivity index (χ0) is 20.6. The van der Waals surface area contributed by atoms with E-state index in [2.05, 4.69) is 31.1 Å². The number of likely N-dealkylation sites (N-methyl/N-ethyl adjacent to an activating group) is 1. The molecule has 1 aromatic heterocycles. The van der Waals surface area contributed by atoms with Crippen LogP contribution in [0, 0.1) is 10.1 Å². The molecule has 2 aromatic rings. The Kier molecular flexibility index (Phi) is 6.71. The summed E-state index contributed by atoms with van der Waals surface area (Å²) in [4.78, 5) is 32.9. The van der Waals surface area contributed by atoms with Gasteiger partial charge in [-0.1, -0.05) is 18.2 Å². The molecule has 1 fully saturated rings. The number of carbonyl (C=O) groups is 1. The largest absolute Gasteiger partial charge is 0.484 e. The van der Waals surface area contributed by atoms with Crippen molar-refractivity contribution in [2.75, 3.05) is 50.7 Å². The molecule has 0 atom stereocenters. The first-order valence-electron chi connectivity index (χ1n) is 8.95. The van der Waals surface area contributed by atoms with Crippen LogP contribution in [0.3, 0.4) is 0 Å². The molecule has 1 amide bonds. The van der Waals surface area contributed by atoms with Crippen molar-refractivity contribution in [3.8, 4) is 5.75 Å². The van der Waals surface area contributed by atoms with Crippen molar-refractivity contribution < 1.29 is 14.5 Å². The van der Waals surface area contributed by atoms with Crippen LogP contribution in [0.5, 0.6) is 5.75 Å². The topological polar surface area (TPSA) is 138 Å². The minimum atomic E-state index is -0.604.